The molecule has 0 spiro atoms. The number of aromatic carboxylic acids is 1. The van der Waals surface area contributed by atoms with Gasteiger partial charge in [0.15, 0.2) is 0 Å². The Morgan fingerprint density at radius 3 is 2.62 bits per heavy atom. The standard InChI is InChI=1S/C16H15NO3S/c1-17(12-7-6-10-4-2-3-5-11(10)12)15(18)13-8-9-14(21-13)16(19)20/h2-5,8-9,12H,6-7H2,1H3,(H,19,20). The SMILES string of the molecule is CN(C(=O)c1ccc(C(=O)O)s1)C1CCc2ccccc21. The van der Waals surface area contributed by atoms with Gasteiger partial charge in [-0.2, -0.15) is 0 Å². The molecule has 1 aliphatic rings. The Morgan fingerprint density at radius 2 is 1.90 bits per heavy atom. The van der Waals surface area contributed by atoms with Crippen molar-refractivity contribution in [1.29, 1.82) is 0 Å². The highest BCUT2D eigenvalue weighted by Gasteiger charge is 2.29. The number of thiophene rings is 1. The summed E-state index contributed by atoms with van der Waals surface area (Å²) in [7, 11) is 1.79. The van der Waals surface area contributed by atoms with Crippen LogP contribution in [-0.4, -0.2) is 28.9 Å². The van der Waals surface area contributed by atoms with Crippen molar-refractivity contribution in [3.63, 3.8) is 0 Å². The number of aryl methyl sites for hydroxylation is 1. The average Bonchev–Trinajstić information content (AvgIpc) is 3.12. The van der Waals surface area contributed by atoms with Crippen molar-refractivity contribution in [2.24, 2.45) is 0 Å². The van der Waals surface area contributed by atoms with Gasteiger partial charge < -0.3 is 10.0 Å². The number of hydrogen-bond donors (Lipinski definition) is 1. The Labute approximate surface area is 126 Å². The van der Waals surface area contributed by atoms with Gasteiger partial charge in [0.05, 0.1) is 10.9 Å². The van der Waals surface area contributed by atoms with Crippen LogP contribution < -0.4 is 0 Å². The van der Waals surface area contributed by atoms with Crippen molar-refractivity contribution in [2.75, 3.05) is 7.05 Å². The fourth-order valence-electron chi connectivity index (χ4n) is 2.82. The Balaban J connectivity index is 1.83. The molecular formula is C16H15NO3S. The quantitative estimate of drug-likeness (QED) is 0.947. The minimum Gasteiger partial charge on any atom is -0.477 e. The Hall–Kier alpha value is -2.14. The van der Waals surface area contributed by atoms with Crippen molar-refractivity contribution in [3.05, 3.63) is 57.3 Å². The number of hydrogen-bond acceptors (Lipinski definition) is 3. The molecule has 5 heteroatoms. The number of carbonyl (C=O) groups is 2. The highest BCUT2D eigenvalue weighted by atomic mass is 32.1. The summed E-state index contributed by atoms with van der Waals surface area (Å²) in [6.45, 7) is 0. The fourth-order valence-corrected chi connectivity index (χ4v) is 3.65. The first-order valence-electron chi connectivity index (χ1n) is 6.76. The number of fused-ring (bicyclic) bond motifs is 1. The van der Waals surface area contributed by atoms with E-state index >= 15 is 0 Å². The first kappa shape index (κ1) is 13.8. The van der Waals surface area contributed by atoms with E-state index in [2.05, 4.69) is 12.1 Å². The lowest BCUT2D eigenvalue weighted by molar-refractivity contribution is 0.0700. The molecule has 1 heterocycles. The van der Waals surface area contributed by atoms with Crippen LogP contribution in [0.5, 0.6) is 0 Å². The molecule has 2 aromatic rings. The Morgan fingerprint density at radius 1 is 1.19 bits per heavy atom. The smallest absolute Gasteiger partial charge is 0.345 e. The normalized spacial score (nSPS) is 16.5. The van der Waals surface area contributed by atoms with Crippen LogP contribution in [0, 0.1) is 0 Å². The van der Waals surface area contributed by atoms with Gasteiger partial charge in [0.25, 0.3) is 5.91 Å². The predicted molar refractivity (Wildman–Crippen MR) is 80.9 cm³/mol. The summed E-state index contributed by atoms with van der Waals surface area (Å²) in [5.74, 6) is -1.11. The summed E-state index contributed by atoms with van der Waals surface area (Å²) >= 11 is 1.03. The topological polar surface area (TPSA) is 57.6 Å². The number of carboxylic acids is 1. The van der Waals surface area contributed by atoms with Crippen LogP contribution >= 0.6 is 11.3 Å². The highest BCUT2D eigenvalue weighted by Crippen LogP contribution is 2.35. The monoisotopic (exact) mass is 301 g/mol. The third-order valence-corrected chi connectivity index (χ3v) is 4.98. The average molecular weight is 301 g/mol. The fraction of sp³-hybridized carbons (Fsp3) is 0.250. The zero-order valence-electron chi connectivity index (χ0n) is 11.6. The zero-order valence-corrected chi connectivity index (χ0v) is 12.4. The number of carbonyl (C=O) groups excluding carboxylic acids is 1. The van der Waals surface area contributed by atoms with E-state index in [4.69, 9.17) is 5.11 Å². The van der Waals surface area contributed by atoms with Gasteiger partial charge in [-0.1, -0.05) is 24.3 Å². The van der Waals surface area contributed by atoms with Crippen LogP contribution in [0.4, 0.5) is 0 Å². The molecule has 0 radical (unpaired) electrons. The van der Waals surface area contributed by atoms with Gasteiger partial charge in [-0.05, 0) is 36.1 Å². The van der Waals surface area contributed by atoms with Crippen molar-refractivity contribution in [1.82, 2.24) is 4.90 Å². The molecule has 1 aliphatic carbocycles. The minimum atomic E-state index is -0.993. The maximum Gasteiger partial charge on any atom is 0.345 e. The van der Waals surface area contributed by atoms with Gasteiger partial charge in [-0.15, -0.1) is 11.3 Å². The molecule has 0 saturated heterocycles. The summed E-state index contributed by atoms with van der Waals surface area (Å²) in [5.41, 5.74) is 2.49. The molecule has 4 nitrogen and oxygen atoms in total. The second-order valence-corrected chi connectivity index (χ2v) is 6.22. The van der Waals surface area contributed by atoms with E-state index in [1.165, 1.54) is 17.2 Å². The van der Waals surface area contributed by atoms with Crippen LogP contribution in [0.1, 0.15) is 42.9 Å². The largest absolute Gasteiger partial charge is 0.477 e. The van der Waals surface area contributed by atoms with Crippen molar-refractivity contribution in [3.8, 4) is 0 Å². The summed E-state index contributed by atoms with van der Waals surface area (Å²) in [5, 5.41) is 8.95. The molecule has 0 fully saturated rings. The number of carboxylic acid groups (broad SMARTS) is 1. The number of benzene rings is 1. The van der Waals surface area contributed by atoms with Gasteiger partial charge in [-0.3, -0.25) is 4.79 Å². The molecule has 0 aliphatic heterocycles. The lowest BCUT2D eigenvalue weighted by Crippen LogP contribution is -2.29. The molecule has 1 N–H and O–H groups in total. The second kappa shape index (κ2) is 5.33. The maximum absolute atomic E-state index is 12.5. The van der Waals surface area contributed by atoms with Gasteiger partial charge in [0, 0.05) is 7.05 Å². The lowest BCUT2D eigenvalue weighted by Gasteiger charge is -2.25. The Kier molecular flexibility index (Phi) is 3.51. The van der Waals surface area contributed by atoms with Crippen LogP contribution in [0.25, 0.3) is 0 Å². The second-order valence-electron chi connectivity index (χ2n) is 5.14. The number of rotatable bonds is 3. The van der Waals surface area contributed by atoms with Crippen LogP contribution in [-0.2, 0) is 6.42 Å². The van der Waals surface area contributed by atoms with E-state index in [1.807, 2.05) is 12.1 Å². The van der Waals surface area contributed by atoms with Gasteiger partial charge in [-0.25, -0.2) is 4.79 Å². The molecule has 3 rings (SSSR count). The molecule has 0 bridgehead atoms. The van der Waals surface area contributed by atoms with Crippen molar-refractivity contribution >= 4 is 23.2 Å². The summed E-state index contributed by atoms with van der Waals surface area (Å²) in [6, 6.07) is 11.3. The third-order valence-electron chi connectivity index (χ3n) is 3.92. The van der Waals surface area contributed by atoms with Crippen molar-refractivity contribution < 1.29 is 14.7 Å². The molecule has 1 aromatic carbocycles. The summed E-state index contributed by atoms with van der Waals surface area (Å²) in [6.07, 6.45) is 1.89. The van der Waals surface area contributed by atoms with E-state index in [9.17, 15) is 9.59 Å². The van der Waals surface area contributed by atoms with E-state index in [0.29, 0.717) is 4.88 Å². The van der Waals surface area contributed by atoms with Gasteiger partial charge in [0.1, 0.15) is 4.88 Å². The van der Waals surface area contributed by atoms with E-state index in [1.54, 1.807) is 18.0 Å². The van der Waals surface area contributed by atoms with Crippen LogP contribution in [0.3, 0.4) is 0 Å². The maximum atomic E-state index is 12.5. The lowest BCUT2D eigenvalue weighted by atomic mass is 10.1. The van der Waals surface area contributed by atoms with Gasteiger partial charge in [0.2, 0.25) is 0 Å². The molecule has 1 aromatic heterocycles. The minimum absolute atomic E-state index is 0.0732. The molecule has 108 valence electrons. The number of amides is 1. The summed E-state index contributed by atoms with van der Waals surface area (Å²) < 4.78 is 0. The van der Waals surface area contributed by atoms with Crippen LogP contribution in [0.2, 0.25) is 0 Å². The van der Waals surface area contributed by atoms with Gasteiger partial charge >= 0.3 is 5.97 Å². The first-order valence-corrected chi connectivity index (χ1v) is 7.57. The van der Waals surface area contributed by atoms with E-state index in [-0.39, 0.29) is 16.8 Å². The summed E-state index contributed by atoms with van der Waals surface area (Å²) in [4.78, 5) is 25.8. The number of nitrogens with zero attached hydrogens (tertiary/aromatic N) is 1. The molecule has 1 amide bonds. The predicted octanol–water partition coefficient (Wildman–Crippen LogP) is 3.21. The molecular weight excluding hydrogens is 286 g/mol. The molecule has 21 heavy (non-hydrogen) atoms. The van der Waals surface area contributed by atoms with Crippen molar-refractivity contribution in [2.45, 2.75) is 18.9 Å². The molecule has 0 saturated carbocycles. The molecule has 1 unspecified atom stereocenters. The zero-order chi connectivity index (χ0) is 15.0. The Bertz CT molecular complexity index is 707. The highest BCUT2D eigenvalue weighted by molar-refractivity contribution is 7.15. The molecule has 1 atom stereocenters. The van der Waals surface area contributed by atoms with E-state index in [0.717, 1.165) is 24.2 Å². The first-order chi connectivity index (χ1) is 10.1. The van der Waals surface area contributed by atoms with E-state index < -0.39 is 5.97 Å². The van der Waals surface area contributed by atoms with Crippen LogP contribution in [0.15, 0.2) is 36.4 Å². The third kappa shape index (κ3) is 2.45.